The third-order valence-electron chi connectivity index (χ3n) is 4.15. The second-order valence-electron chi connectivity index (χ2n) is 5.87. The Morgan fingerprint density at radius 2 is 2.04 bits per heavy atom. The molecule has 1 aliphatic heterocycles. The van der Waals surface area contributed by atoms with Crippen molar-refractivity contribution in [2.45, 2.75) is 19.3 Å². The monoisotopic (exact) mass is 407 g/mol. The molecule has 3 rings (SSSR count). The number of nitro benzene ring substituents is 1. The summed E-state index contributed by atoms with van der Waals surface area (Å²) < 4.78 is 6.11. The Hall–Kier alpha value is -2.35. The number of hydrogen-bond acceptors (Lipinski definition) is 5. The fourth-order valence-electron chi connectivity index (χ4n) is 2.88. The van der Waals surface area contributed by atoms with Crippen LogP contribution in [0.1, 0.15) is 29.0 Å². The maximum Gasteiger partial charge on any atom is 0.282 e. The SMILES string of the molecule is O=C(c1cc(NCCc2ccc(Br)o2)ccc1[N+](=O)[O-])N1CCCC1. The summed E-state index contributed by atoms with van der Waals surface area (Å²) in [5, 5.41) is 14.4. The van der Waals surface area contributed by atoms with Crippen molar-refractivity contribution < 1.29 is 14.1 Å². The molecule has 0 bridgehead atoms. The minimum Gasteiger partial charge on any atom is -0.454 e. The number of nitro groups is 1. The number of likely N-dealkylation sites (tertiary alicyclic amines) is 1. The number of nitrogens with one attached hydrogen (secondary N) is 1. The van der Waals surface area contributed by atoms with Gasteiger partial charge in [-0.3, -0.25) is 14.9 Å². The van der Waals surface area contributed by atoms with Gasteiger partial charge in [0.15, 0.2) is 4.67 Å². The lowest BCUT2D eigenvalue weighted by Gasteiger charge is -2.16. The zero-order valence-corrected chi connectivity index (χ0v) is 15.1. The molecule has 25 heavy (non-hydrogen) atoms. The van der Waals surface area contributed by atoms with Crippen molar-refractivity contribution >= 4 is 33.2 Å². The van der Waals surface area contributed by atoms with Gasteiger partial charge >= 0.3 is 0 Å². The molecular weight excluding hydrogens is 390 g/mol. The van der Waals surface area contributed by atoms with E-state index in [2.05, 4.69) is 21.2 Å². The zero-order valence-electron chi connectivity index (χ0n) is 13.5. The van der Waals surface area contributed by atoms with E-state index in [1.54, 1.807) is 17.0 Å². The minimum absolute atomic E-state index is 0.137. The van der Waals surface area contributed by atoms with Crippen molar-refractivity contribution in [1.29, 1.82) is 0 Å². The van der Waals surface area contributed by atoms with E-state index in [0.29, 0.717) is 36.4 Å². The number of halogens is 1. The molecule has 1 N–H and O–H groups in total. The van der Waals surface area contributed by atoms with Crippen LogP contribution in [0.4, 0.5) is 11.4 Å². The van der Waals surface area contributed by atoms with E-state index >= 15 is 0 Å². The Morgan fingerprint density at radius 1 is 1.28 bits per heavy atom. The first-order valence-corrected chi connectivity index (χ1v) is 8.89. The second-order valence-corrected chi connectivity index (χ2v) is 6.65. The van der Waals surface area contributed by atoms with Crippen molar-refractivity contribution in [2.24, 2.45) is 0 Å². The van der Waals surface area contributed by atoms with Gasteiger partial charge in [0.05, 0.1) is 4.92 Å². The summed E-state index contributed by atoms with van der Waals surface area (Å²) in [6.07, 6.45) is 2.55. The van der Waals surface area contributed by atoms with Gasteiger partial charge in [-0.25, -0.2) is 0 Å². The van der Waals surface area contributed by atoms with Gasteiger partial charge in [0.1, 0.15) is 11.3 Å². The molecule has 0 atom stereocenters. The molecule has 2 aromatic rings. The van der Waals surface area contributed by atoms with Gasteiger partial charge in [-0.2, -0.15) is 0 Å². The Morgan fingerprint density at radius 3 is 2.68 bits per heavy atom. The van der Waals surface area contributed by atoms with E-state index in [9.17, 15) is 14.9 Å². The first-order valence-electron chi connectivity index (χ1n) is 8.10. The van der Waals surface area contributed by atoms with Crippen LogP contribution in [0.2, 0.25) is 0 Å². The summed E-state index contributed by atoms with van der Waals surface area (Å²) in [5.74, 6) is 0.553. The minimum atomic E-state index is -0.506. The molecule has 1 aromatic heterocycles. The van der Waals surface area contributed by atoms with Gasteiger partial charge in [-0.05, 0) is 53.0 Å². The number of carbonyl (C=O) groups is 1. The van der Waals surface area contributed by atoms with Gasteiger partial charge < -0.3 is 14.6 Å². The van der Waals surface area contributed by atoms with Crippen LogP contribution in [0.5, 0.6) is 0 Å². The number of rotatable bonds is 6. The standard InChI is InChI=1S/C17H18BrN3O4/c18-16-6-4-13(25-16)7-8-19-12-3-5-15(21(23)24)14(11-12)17(22)20-9-1-2-10-20/h3-6,11,19H,1-2,7-10H2. The number of furan rings is 1. The van der Waals surface area contributed by atoms with E-state index in [1.807, 2.05) is 12.1 Å². The van der Waals surface area contributed by atoms with Crippen molar-refractivity contribution in [3.63, 3.8) is 0 Å². The molecule has 1 amide bonds. The molecule has 0 unspecified atom stereocenters. The summed E-state index contributed by atoms with van der Waals surface area (Å²) >= 11 is 3.26. The highest BCUT2D eigenvalue weighted by molar-refractivity contribution is 9.10. The number of hydrogen-bond donors (Lipinski definition) is 1. The molecule has 1 saturated heterocycles. The normalized spacial score (nSPS) is 13.9. The van der Waals surface area contributed by atoms with Crippen LogP contribution >= 0.6 is 15.9 Å². The van der Waals surface area contributed by atoms with E-state index in [4.69, 9.17) is 4.42 Å². The molecule has 1 aromatic carbocycles. The molecule has 8 heteroatoms. The lowest BCUT2D eigenvalue weighted by molar-refractivity contribution is -0.385. The third-order valence-corrected chi connectivity index (χ3v) is 4.57. The zero-order chi connectivity index (χ0) is 17.8. The highest BCUT2D eigenvalue weighted by atomic mass is 79.9. The summed E-state index contributed by atoms with van der Waals surface area (Å²) in [6, 6.07) is 8.28. The average molecular weight is 408 g/mol. The van der Waals surface area contributed by atoms with Crippen molar-refractivity contribution in [1.82, 2.24) is 4.90 Å². The smallest absolute Gasteiger partial charge is 0.282 e. The fourth-order valence-corrected chi connectivity index (χ4v) is 3.22. The second kappa shape index (κ2) is 7.69. The van der Waals surface area contributed by atoms with Crippen molar-refractivity contribution in [3.8, 4) is 0 Å². The molecule has 0 radical (unpaired) electrons. The first kappa shape index (κ1) is 17.5. The van der Waals surface area contributed by atoms with E-state index in [0.717, 1.165) is 18.6 Å². The number of carbonyl (C=O) groups excluding carboxylic acids is 1. The van der Waals surface area contributed by atoms with Gasteiger partial charge in [0, 0.05) is 37.8 Å². The molecule has 132 valence electrons. The fraction of sp³-hybridized carbons (Fsp3) is 0.353. The van der Waals surface area contributed by atoms with Crippen molar-refractivity contribution in [2.75, 3.05) is 25.0 Å². The molecule has 0 saturated carbocycles. The topological polar surface area (TPSA) is 88.6 Å². The number of benzene rings is 1. The van der Waals surface area contributed by atoms with Crippen LogP contribution in [-0.2, 0) is 6.42 Å². The van der Waals surface area contributed by atoms with Crippen LogP contribution < -0.4 is 5.32 Å². The van der Waals surface area contributed by atoms with Gasteiger partial charge in [0.2, 0.25) is 0 Å². The Balaban J connectivity index is 1.72. The summed E-state index contributed by atoms with van der Waals surface area (Å²) in [4.78, 5) is 25.0. The molecule has 2 heterocycles. The highest BCUT2D eigenvalue weighted by Crippen LogP contribution is 2.26. The summed E-state index contributed by atoms with van der Waals surface area (Å²) in [6.45, 7) is 1.90. The van der Waals surface area contributed by atoms with Gasteiger partial charge in [0.25, 0.3) is 11.6 Å². The number of amides is 1. The van der Waals surface area contributed by atoms with Crippen LogP contribution in [0.25, 0.3) is 0 Å². The number of anilines is 1. The first-order chi connectivity index (χ1) is 12.0. The molecule has 7 nitrogen and oxygen atoms in total. The lowest BCUT2D eigenvalue weighted by atomic mass is 10.1. The Kier molecular flexibility index (Phi) is 5.37. The van der Waals surface area contributed by atoms with Crippen LogP contribution in [-0.4, -0.2) is 35.4 Å². The van der Waals surface area contributed by atoms with Gasteiger partial charge in [-0.15, -0.1) is 0 Å². The highest BCUT2D eigenvalue weighted by Gasteiger charge is 2.26. The quantitative estimate of drug-likeness (QED) is 0.580. The maximum atomic E-state index is 12.6. The molecule has 1 fully saturated rings. The van der Waals surface area contributed by atoms with E-state index in [1.165, 1.54) is 6.07 Å². The van der Waals surface area contributed by atoms with Gasteiger partial charge in [-0.1, -0.05) is 0 Å². The summed E-state index contributed by atoms with van der Waals surface area (Å²) in [5.41, 5.74) is 0.661. The Labute approximate surface area is 153 Å². The Bertz CT molecular complexity index is 784. The average Bonchev–Trinajstić information content (AvgIpc) is 3.26. The number of nitrogens with zero attached hydrogens (tertiary/aromatic N) is 2. The maximum absolute atomic E-state index is 12.6. The van der Waals surface area contributed by atoms with E-state index in [-0.39, 0.29) is 17.2 Å². The predicted octanol–water partition coefficient (Wildman–Crippen LogP) is 3.84. The molecular formula is C17H18BrN3O4. The third kappa shape index (κ3) is 4.19. The lowest BCUT2D eigenvalue weighted by Crippen LogP contribution is -2.28. The van der Waals surface area contributed by atoms with Crippen LogP contribution in [0, 0.1) is 10.1 Å². The largest absolute Gasteiger partial charge is 0.454 e. The van der Waals surface area contributed by atoms with Crippen molar-refractivity contribution in [3.05, 3.63) is 56.4 Å². The summed E-state index contributed by atoms with van der Waals surface area (Å²) in [7, 11) is 0. The van der Waals surface area contributed by atoms with E-state index < -0.39 is 4.92 Å². The van der Waals surface area contributed by atoms with Crippen LogP contribution in [0.3, 0.4) is 0 Å². The molecule has 1 aliphatic rings. The predicted molar refractivity (Wildman–Crippen MR) is 96.8 cm³/mol. The molecule has 0 aliphatic carbocycles. The molecule has 0 spiro atoms. The van der Waals surface area contributed by atoms with Crippen LogP contribution in [0.15, 0.2) is 39.4 Å².